The van der Waals surface area contributed by atoms with Crippen molar-refractivity contribution in [3.8, 4) is 11.5 Å². The summed E-state index contributed by atoms with van der Waals surface area (Å²) in [6.07, 6.45) is -0.963. The van der Waals surface area contributed by atoms with E-state index in [2.05, 4.69) is 19.9 Å². The lowest BCUT2D eigenvalue weighted by atomic mass is 9.77. The summed E-state index contributed by atoms with van der Waals surface area (Å²) in [5.41, 5.74) is 2.94. The van der Waals surface area contributed by atoms with Gasteiger partial charge in [-0.05, 0) is 41.8 Å². The molecule has 0 saturated heterocycles. The quantitative estimate of drug-likeness (QED) is 0.284. The molecule has 0 heterocycles. The van der Waals surface area contributed by atoms with Crippen molar-refractivity contribution in [2.75, 3.05) is 32.8 Å². The van der Waals surface area contributed by atoms with Gasteiger partial charge in [0.1, 0.15) is 30.8 Å². The summed E-state index contributed by atoms with van der Waals surface area (Å²) in [7, 11) is 1.55. The van der Waals surface area contributed by atoms with E-state index in [0.717, 1.165) is 16.7 Å². The minimum atomic E-state index is -0.496. The highest BCUT2D eigenvalue weighted by molar-refractivity contribution is 6.18. The molecule has 2 rings (SSSR count). The molecule has 0 spiro atoms. The Balaban J connectivity index is 2.06. The Bertz CT molecular complexity index is 972. The van der Waals surface area contributed by atoms with E-state index >= 15 is 0 Å². The molecule has 0 bridgehead atoms. The van der Waals surface area contributed by atoms with Crippen molar-refractivity contribution in [2.24, 2.45) is 0 Å². The van der Waals surface area contributed by atoms with Gasteiger partial charge in [-0.25, -0.2) is 0 Å². The van der Waals surface area contributed by atoms with Crippen molar-refractivity contribution in [1.29, 1.82) is 0 Å². The molecule has 8 heteroatoms. The van der Waals surface area contributed by atoms with E-state index in [1.54, 1.807) is 7.11 Å². The van der Waals surface area contributed by atoms with Crippen molar-refractivity contribution in [3.63, 3.8) is 0 Å². The number of hydrogen-bond donors (Lipinski definition) is 0. The lowest BCUT2D eigenvalue weighted by Crippen LogP contribution is -2.28. The van der Waals surface area contributed by atoms with Gasteiger partial charge in [-0.15, -0.1) is 11.6 Å². The predicted octanol–water partition coefficient (Wildman–Crippen LogP) is 4.83. The van der Waals surface area contributed by atoms with Crippen LogP contribution < -0.4 is 9.47 Å². The lowest BCUT2D eigenvalue weighted by Gasteiger charge is -2.27. The second-order valence-corrected chi connectivity index (χ2v) is 9.13. The molecule has 35 heavy (non-hydrogen) atoms. The molecule has 0 saturated carbocycles. The molecular formula is C27H35ClO7. The summed E-state index contributed by atoms with van der Waals surface area (Å²) < 4.78 is 27.1. The minimum absolute atomic E-state index is 0.167. The lowest BCUT2D eigenvalue weighted by molar-refractivity contribution is -0.150. The molecule has 0 amide bonds. The fourth-order valence-corrected chi connectivity index (χ4v) is 3.74. The molecule has 0 radical (unpaired) electrons. The van der Waals surface area contributed by atoms with Crippen molar-refractivity contribution in [3.05, 3.63) is 59.2 Å². The monoisotopic (exact) mass is 506 g/mol. The zero-order chi connectivity index (χ0) is 26.0. The Morgan fingerprint density at radius 2 is 1.43 bits per heavy atom. The third kappa shape index (κ3) is 8.75. The van der Waals surface area contributed by atoms with Crippen molar-refractivity contribution in [1.82, 2.24) is 0 Å². The van der Waals surface area contributed by atoms with Crippen molar-refractivity contribution in [2.45, 2.75) is 52.2 Å². The highest BCUT2D eigenvalue weighted by Gasteiger charge is 2.24. The molecule has 2 aromatic rings. The molecule has 0 N–H and O–H groups in total. The number of aryl methyl sites for hydroxylation is 1. The highest BCUT2D eigenvalue weighted by atomic mass is 35.5. The van der Waals surface area contributed by atoms with Gasteiger partial charge in [0.25, 0.3) is 0 Å². The molecule has 0 fully saturated rings. The predicted molar refractivity (Wildman–Crippen MR) is 134 cm³/mol. The molecule has 0 aliphatic carbocycles. The van der Waals surface area contributed by atoms with Crippen LogP contribution in [0.2, 0.25) is 0 Å². The summed E-state index contributed by atoms with van der Waals surface area (Å²) in [5.74, 6) is 0.806. The number of alkyl halides is 1. The molecule has 7 nitrogen and oxygen atoms in total. The van der Waals surface area contributed by atoms with E-state index in [1.807, 2.05) is 43.3 Å². The molecule has 192 valence electrons. The van der Waals surface area contributed by atoms with Crippen LogP contribution in [-0.2, 0) is 29.2 Å². The number of carbonyl (C=O) groups is 2. The Kier molecular flexibility index (Phi) is 10.9. The van der Waals surface area contributed by atoms with Gasteiger partial charge in [-0.3, -0.25) is 9.59 Å². The van der Waals surface area contributed by atoms with Crippen LogP contribution in [0.15, 0.2) is 42.5 Å². The van der Waals surface area contributed by atoms with Gasteiger partial charge in [0.05, 0.1) is 12.5 Å². The number of rotatable bonds is 13. The number of carbonyl (C=O) groups excluding carboxylic acids is 2. The van der Waals surface area contributed by atoms with Crippen LogP contribution >= 0.6 is 11.6 Å². The highest BCUT2D eigenvalue weighted by Crippen LogP contribution is 2.34. The molecular weight excluding hydrogens is 472 g/mol. The number of methoxy groups -OCH3 is 1. The molecule has 0 aliphatic rings. The van der Waals surface area contributed by atoms with Crippen LogP contribution in [0.3, 0.4) is 0 Å². The van der Waals surface area contributed by atoms with Crippen LogP contribution in [-0.4, -0.2) is 57.0 Å². The summed E-state index contributed by atoms with van der Waals surface area (Å²) in [6.45, 7) is 9.65. The molecule has 2 aromatic carbocycles. The second-order valence-electron chi connectivity index (χ2n) is 8.82. The topological polar surface area (TPSA) is 80.3 Å². The number of benzene rings is 2. The maximum Gasteiger partial charge on any atom is 0.303 e. The van der Waals surface area contributed by atoms with Crippen molar-refractivity contribution >= 4 is 23.5 Å². The third-order valence-corrected chi connectivity index (χ3v) is 5.87. The van der Waals surface area contributed by atoms with Gasteiger partial charge < -0.3 is 23.7 Å². The third-order valence-electron chi connectivity index (χ3n) is 5.52. The van der Waals surface area contributed by atoms with Gasteiger partial charge in [0.15, 0.2) is 6.10 Å². The first-order valence-electron chi connectivity index (χ1n) is 11.4. The largest absolute Gasteiger partial charge is 0.490 e. The average molecular weight is 507 g/mol. The molecule has 0 aliphatic heterocycles. The molecule has 2 atom stereocenters. The second kappa shape index (κ2) is 13.4. The van der Waals surface area contributed by atoms with Crippen LogP contribution in [0.1, 0.15) is 44.4 Å². The van der Waals surface area contributed by atoms with Gasteiger partial charge in [-0.2, -0.15) is 0 Å². The maximum absolute atomic E-state index is 11.2. The standard InChI is InChI=1S/C27H35ClO7/c1-18-13-22(9-12-26(18)33-16-24(14-28)34-19(2)29)27(4,5)21-7-10-23(11-8-21)32-17-25(15-31-6)35-20(3)30/h7-13,24-25H,14-17H2,1-6H3/t24-,25+/m1/s1. The Hall–Kier alpha value is -2.77. The Morgan fingerprint density at radius 3 is 1.97 bits per heavy atom. The van der Waals surface area contributed by atoms with E-state index in [0.29, 0.717) is 11.5 Å². The number of hydrogen-bond acceptors (Lipinski definition) is 7. The fourth-order valence-electron chi connectivity index (χ4n) is 3.59. The van der Waals surface area contributed by atoms with E-state index in [9.17, 15) is 9.59 Å². The number of ether oxygens (including phenoxy) is 5. The fraction of sp³-hybridized carbons (Fsp3) is 0.481. The SMILES string of the molecule is COC[C@@H](COc1ccc(C(C)(C)c2ccc(OC[C@@H](CCl)OC(C)=O)c(C)c2)cc1)OC(C)=O. The maximum atomic E-state index is 11.2. The van der Waals surface area contributed by atoms with Gasteiger partial charge in [0.2, 0.25) is 0 Å². The van der Waals surface area contributed by atoms with Crippen LogP contribution in [0, 0.1) is 6.92 Å². The van der Waals surface area contributed by atoms with E-state index in [4.69, 9.17) is 35.3 Å². The van der Waals surface area contributed by atoms with E-state index in [1.165, 1.54) is 13.8 Å². The van der Waals surface area contributed by atoms with Crippen LogP contribution in [0.25, 0.3) is 0 Å². The summed E-state index contributed by atoms with van der Waals surface area (Å²) >= 11 is 5.86. The van der Waals surface area contributed by atoms with Gasteiger partial charge in [0, 0.05) is 26.4 Å². The summed E-state index contributed by atoms with van der Waals surface area (Å²) in [4.78, 5) is 22.4. The summed E-state index contributed by atoms with van der Waals surface area (Å²) in [5, 5.41) is 0. The number of esters is 2. The Morgan fingerprint density at radius 1 is 0.857 bits per heavy atom. The minimum Gasteiger partial charge on any atom is -0.490 e. The van der Waals surface area contributed by atoms with Crippen LogP contribution in [0.4, 0.5) is 0 Å². The smallest absolute Gasteiger partial charge is 0.303 e. The van der Waals surface area contributed by atoms with E-state index in [-0.39, 0.29) is 43.1 Å². The first-order chi connectivity index (χ1) is 16.6. The first-order valence-corrected chi connectivity index (χ1v) is 12.0. The normalized spacial score (nSPS) is 13.0. The zero-order valence-electron chi connectivity index (χ0n) is 21.3. The average Bonchev–Trinajstić information content (AvgIpc) is 2.80. The van der Waals surface area contributed by atoms with E-state index < -0.39 is 12.2 Å². The Labute approximate surface area is 212 Å². The molecule has 0 unspecified atom stereocenters. The van der Waals surface area contributed by atoms with Gasteiger partial charge in [-0.1, -0.05) is 38.1 Å². The molecule has 0 aromatic heterocycles. The zero-order valence-corrected chi connectivity index (χ0v) is 22.0. The van der Waals surface area contributed by atoms with Gasteiger partial charge >= 0.3 is 11.9 Å². The van der Waals surface area contributed by atoms with Crippen molar-refractivity contribution < 1.29 is 33.3 Å². The first kappa shape index (κ1) is 28.5. The summed E-state index contributed by atoms with van der Waals surface area (Å²) in [6, 6.07) is 13.9. The van der Waals surface area contributed by atoms with Crippen LogP contribution in [0.5, 0.6) is 11.5 Å². The number of halogens is 1.